The van der Waals surface area contributed by atoms with Crippen LogP contribution in [0.5, 0.6) is 0 Å². The van der Waals surface area contributed by atoms with Crippen LogP contribution >= 0.6 is 11.3 Å². The van der Waals surface area contributed by atoms with E-state index in [4.69, 9.17) is 9.47 Å². The van der Waals surface area contributed by atoms with E-state index in [1.807, 2.05) is 18.4 Å². The predicted molar refractivity (Wildman–Crippen MR) is 63.8 cm³/mol. The second kappa shape index (κ2) is 4.84. The van der Waals surface area contributed by atoms with E-state index in [9.17, 15) is 5.11 Å². The Morgan fingerprint density at radius 1 is 1.50 bits per heavy atom. The highest BCUT2D eigenvalue weighted by Crippen LogP contribution is 2.40. The van der Waals surface area contributed by atoms with Crippen molar-refractivity contribution in [2.24, 2.45) is 0 Å². The van der Waals surface area contributed by atoms with Crippen LogP contribution in [-0.2, 0) is 9.47 Å². The number of aliphatic hydroxyl groups excluding tert-OH is 1. The van der Waals surface area contributed by atoms with Gasteiger partial charge in [-0.1, -0.05) is 0 Å². The van der Waals surface area contributed by atoms with Crippen LogP contribution in [0.15, 0.2) is 11.4 Å². The molecular weight excluding hydrogens is 224 g/mol. The van der Waals surface area contributed by atoms with Crippen LogP contribution in [0.3, 0.4) is 0 Å². The van der Waals surface area contributed by atoms with Gasteiger partial charge in [0, 0.05) is 38.0 Å². The Hall–Kier alpha value is -0.420. The van der Waals surface area contributed by atoms with Crippen LogP contribution in [0, 0.1) is 6.92 Å². The van der Waals surface area contributed by atoms with Gasteiger partial charge < -0.3 is 14.6 Å². The normalized spacial score (nSPS) is 21.9. The number of rotatable bonds is 3. The molecule has 0 aliphatic carbocycles. The average molecular weight is 242 g/mol. The fourth-order valence-corrected chi connectivity index (χ4v) is 3.23. The first-order valence-electron chi connectivity index (χ1n) is 5.54. The second-order valence-electron chi connectivity index (χ2n) is 4.25. The van der Waals surface area contributed by atoms with Crippen molar-refractivity contribution in [1.29, 1.82) is 0 Å². The van der Waals surface area contributed by atoms with Gasteiger partial charge in [-0.3, -0.25) is 0 Å². The lowest BCUT2D eigenvalue weighted by atomic mass is 9.86. The third kappa shape index (κ3) is 2.02. The fourth-order valence-electron chi connectivity index (χ4n) is 2.21. The van der Waals surface area contributed by atoms with Gasteiger partial charge in [-0.15, -0.1) is 11.3 Å². The zero-order valence-corrected chi connectivity index (χ0v) is 10.5. The minimum atomic E-state index is -0.540. The molecule has 1 aromatic heterocycles. The maximum atomic E-state index is 10.5. The molecular formula is C12H18O3S. The van der Waals surface area contributed by atoms with E-state index in [1.165, 1.54) is 0 Å². The van der Waals surface area contributed by atoms with Gasteiger partial charge >= 0.3 is 0 Å². The predicted octanol–water partition coefficient (Wildman–Crippen LogP) is 2.29. The molecule has 1 unspecified atom stereocenters. The van der Waals surface area contributed by atoms with Crippen molar-refractivity contribution in [1.82, 2.24) is 0 Å². The molecule has 3 nitrogen and oxygen atoms in total. The third-order valence-corrected chi connectivity index (χ3v) is 4.47. The van der Waals surface area contributed by atoms with E-state index in [2.05, 4.69) is 0 Å². The molecule has 0 aromatic carbocycles. The van der Waals surface area contributed by atoms with Gasteiger partial charge in [0.05, 0.1) is 0 Å². The molecule has 4 heteroatoms. The van der Waals surface area contributed by atoms with E-state index in [-0.39, 0.29) is 0 Å². The van der Waals surface area contributed by atoms with E-state index in [0.29, 0.717) is 13.2 Å². The highest BCUT2D eigenvalue weighted by Gasteiger charge is 2.41. The Kier molecular flexibility index (Phi) is 3.64. The molecule has 0 saturated carbocycles. The number of ether oxygens (including phenoxy) is 2. The largest absolute Gasteiger partial charge is 0.385 e. The van der Waals surface area contributed by atoms with Crippen molar-refractivity contribution in [2.45, 2.75) is 31.5 Å². The topological polar surface area (TPSA) is 38.7 Å². The van der Waals surface area contributed by atoms with Gasteiger partial charge in [-0.25, -0.2) is 0 Å². The van der Waals surface area contributed by atoms with Gasteiger partial charge in [0.15, 0.2) is 0 Å². The maximum absolute atomic E-state index is 10.5. The Balaban J connectivity index is 2.24. The molecule has 1 aliphatic heterocycles. The molecule has 16 heavy (non-hydrogen) atoms. The average Bonchev–Trinajstić information content (AvgIpc) is 2.75. The SMILES string of the molecule is COC1(C(O)c2sccc2C)CCOCC1. The van der Waals surface area contributed by atoms with Gasteiger partial charge in [0.1, 0.15) is 11.7 Å². The van der Waals surface area contributed by atoms with E-state index in [0.717, 1.165) is 23.3 Å². The Morgan fingerprint density at radius 2 is 2.19 bits per heavy atom. The number of aliphatic hydroxyl groups is 1. The van der Waals surface area contributed by atoms with Crippen molar-refractivity contribution in [3.8, 4) is 0 Å². The van der Waals surface area contributed by atoms with E-state index in [1.54, 1.807) is 18.4 Å². The number of hydrogen-bond donors (Lipinski definition) is 1. The standard InChI is InChI=1S/C12H18O3S/c1-9-3-8-16-10(9)11(13)12(14-2)4-6-15-7-5-12/h3,8,11,13H,4-7H2,1-2H3. The molecule has 2 heterocycles. The molecule has 0 bridgehead atoms. The molecule has 1 N–H and O–H groups in total. The Labute approximate surface area is 100 Å². The number of thiophene rings is 1. The van der Waals surface area contributed by atoms with Crippen molar-refractivity contribution in [3.63, 3.8) is 0 Å². The van der Waals surface area contributed by atoms with Crippen LogP contribution in [-0.4, -0.2) is 31.0 Å². The first-order chi connectivity index (χ1) is 7.69. The number of hydrogen-bond acceptors (Lipinski definition) is 4. The van der Waals surface area contributed by atoms with Crippen molar-refractivity contribution in [2.75, 3.05) is 20.3 Å². The summed E-state index contributed by atoms with van der Waals surface area (Å²) < 4.78 is 10.9. The Morgan fingerprint density at radius 3 is 2.69 bits per heavy atom. The molecule has 1 aliphatic rings. The van der Waals surface area contributed by atoms with E-state index < -0.39 is 11.7 Å². The minimum Gasteiger partial charge on any atom is -0.385 e. The monoisotopic (exact) mass is 242 g/mol. The van der Waals surface area contributed by atoms with Crippen LogP contribution < -0.4 is 0 Å². The number of aryl methyl sites for hydroxylation is 1. The van der Waals surface area contributed by atoms with Crippen LogP contribution in [0.4, 0.5) is 0 Å². The smallest absolute Gasteiger partial charge is 0.117 e. The van der Waals surface area contributed by atoms with Crippen molar-refractivity contribution < 1.29 is 14.6 Å². The van der Waals surface area contributed by atoms with Gasteiger partial charge in [0.25, 0.3) is 0 Å². The van der Waals surface area contributed by atoms with Crippen LogP contribution in [0.1, 0.15) is 29.4 Å². The summed E-state index contributed by atoms with van der Waals surface area (Å²) in [5.74, 6) is 0. The van der Waals surface area contributed by atoms with Crippen LogP contribution in [0.25, 0.3) is 0 Å². The minimum absolute atomic E-state index is 0.464. The maximum Gasteiger partial charge on any atom is 0.117 e. The highest BCUT2D eigenvalue weighted by molar-refractivity contribution is 7.10. The highest BCUT2D eigenvalue weighted by atomic mass is 32.1. The van der Waals surface area contributed by atoms with Crippen LogP contribution in [0.2, 0.25) is 0 Å². The molecule has 1 fully saturated rings. The summed E-state index contributed by atoms with van der Waals surface area (Å²) in [5, 5.41) is 12.5. The number of methoxy groups -OCH3 is 1. The lowest BCUT2D eigenvalue weighted by Crippen LogP contribution is -2.43. The quantitative estimate of drug-likeness (QED) is 0.884. The van der Waals surface area contributed by atoms with Gasteiger partial charge in [-0.05, 0) is 23.9 Å². The third-order valence-electron chi connectivity index (χ3n) is 3.39. The van der Waals surface area contributed by atoms with Crippen molar-refractivity contribution >= 4 is 11.3 Å². The molecule has 0 radical (unpaired) electrons. The summed E-state index contributed by atoms with van der Waals surface area (Å²) in [7, 11) is 1.68. The second-order valence-corrected chi connectivity index (χ2v) is 5.20. The Bertz CT molecular complexity index is 342. The van der Waals surface area contributed by atoms with Gasteiger partial charge in [-0.2, -0.15) is 0 Å². The molecule has 1 aromatic rings. The molecule has 2 rings (SSSR count). The molecule has 0 spiro atoms. The fraction of sp³-hybridized carbons (Fsp3) is 0.667. The molecule has 90 valence electrons. The summed E-state index contributed by atoms with van der Waals surface area (Å²) in [6, 6.07) is 2.03. The summed E-state index contributed by atoms with van der Waals surface area (Å²) in [6.07, 6.45) is 0.964. The molecule has 0 amide bonds. The van der Waals surface area contributed by atoms with Crippen molar-refractivity contribution in [3.05, 3.63) is 21.9 Å². The summed E-state index contributed by atoms with van der Waals surface area (Å²) in [4.78, 5) is 1.02. The summed E-state index contributed by atoms with van der Waals surface area (Å²) in [5.41, 5.74) is 0.675. The molecule has 1 saturated heterocycles. The molecule has 1 atom stereocenters. The lowest BCUT2D eigenvalue weighted by molar-refractivity contribution is -0.153. The first kappa shape index (κ1) is 12.0. The summed E-state index contributed by atoms with van der Waals surface area (Å²) in [6.45, 7) is 3.35. The van der Waals surface area contributed by atoms with Gasteiger partial charge in [0.2, 0.25) is 0 Å². The zero-order chi connectivity index (χ0) is 11.6. The lowest BCUT2D eigenvalue weighted by Gasteiger charge is -2.39. The zero-order valence-electron chi connectivity index (χ0n) is 9.73. The first-order valence-corrected chi connectivity index (χ1v) is 6.42. The summed E-state index contributed by atoms with van der Waals surface area (Å²) >= 11 is 1.59. The van der Waals surface area contributed by atoms with E-state index >= 15 is 0 Å².